The predicted octanol–water partition coefficient (Wildman–Crippen LogP) is 4.84. The number of benzene rings is 2. The van der Waals surface area contributed by atoms with E-state index in [1.165, 1.54) is 23.9 Å². The van der Waals surface area contributed by atoms with Crippen molar-refractivity contribution in [3.8, 4) is 0 Å². The van der Waals surface area contributed by atoms with Crippen LogP contribution in [0.1, 0.15) is 5.56 Å². The minimum Gasteiger partial charge on any atom is -0.362 e. The fourth-order valence-corrected chi connectivity index (χ4v) is 3.22. The lowest BCUT2D eigenvalue weighted by atomic mass is 10.2. The van der Waals surface area contributed by atoms with Gasteiger partial charge in [-0.05, 0) is 36.5 Å². The molecule has 0 amide bonds. The van der Waals surface area contributed by atoms with Crippen LogP contribution in [0.4, 0.5) is 14.5 Å². The molecule has 2 N–H and O–H groups in total. The second-order valence-electron chi connectivity index (χ2n) is 4.61. The van der Waals surface area contributed by atoms with E-state index >= 15 is 0 Å². The standard InChI is InChI=1S/C16H15ClF2N2S2/c17-12-4-3-6-13(18)11(12)10-23-9-8-20-16(22)21-15-7-2-1-5-14(15)19/h1-7H,8-10H2,(H2,20,21,22). The maximum Gasteiger partial charge on any atom is 0.170 e. The summed E-state index contributed by atoms with van der Waals surface area (Å²) in [6, 6.07) is 11.0. The Morgan fingerprint density at radius 1 is 1.09 bits per heavy atom. The Labute approximate surface area is 148 Å². The number of nitrogens with one attached hydrogen (secondary N) is 2. The quantitative estimate of drug-likeness (QED) is 0.559. The third-order valence-corrected chi connectivity index (χ3v) is 4.55. The molecule has 122 valence electrons. The number of halogens is 3. The highest BCUT2D eigenvalue weighted by atomic mass is 35.5. The normalized spacial score (nSPS) is 10.4. The molecule has 0 heterocycles. The molecule has 0 aromatic heterocycles. The molecular weight excluding hydrogens is 358 g/mol. The van der Waals surface area contributed by atoms with Crippen molar-refractivity contribution >= 4 is 46.4 Å². The van der Waals surface area contributed by atoms with Crippen molar-refractivity contribution in [2.24, 2.45) is 0 Å². The van der Waals surface area contributed by atoms with Gasteiger partial charge in [-0.2, -0.15) is 11.8 Å². The van der Waals surface area contributed by atoms with E-state index in [1.807, 2.05) is 0 Å². The van der Waals surface area contributed by atoms with Gasteiger partial charge in [0.25, 0.3) is 0 Å². The number of hydrogen-bond donors (Lipinski definition) is 2. The molecule has 0 saturated heterocycles. The fraction of sp³-hybridized carbons (Fsp3) is 0.188. The lowest BCUT2D eigenvalue weighted by molar-refractivity contribution is 0.617. The number of anilines is 1. The number of rotatable bonds is 6. The van der Waals surface area contributed by atoms with Gasteiger partial charge in [-0.15, -0.1) is 0 Å². The van der Waals surface area contributed by atoms with Crippen molar-refractivity contribution in [3.05, 3.63) is 64.7 Å². The molecule has 0 aliphatic heterocycles. The molecule has 0 unspecified atom stereocenters. The molecule has 2 aromatic carbocycles. The van der Waals surface area contributed by atoms with Gasteiger partial charge in [0.2, 0.25) is 0 Å². The summed E-state index contributed by atoms with van der Waals surface area (Å²) in [4.78, 5) is 0. The van der Waals surface area contributed by atoms with Crippen LogP contribution < -0.4 is 10.6 Å². The first kappa shape index (κ1) is 18.0. The average molecular weight is 373 g/mol. The third-order valence-electron chi connectivity index (χ3n) is 2.96. The van der Waals surface area contributed by atoms with Gasteiger partial charge in [-0.25, -0.2) is 8.78 Å². The molecule has 0 atom stereocenters. The van der Waals surface area contributed by atoms with Crippen LogP contribution in [0.25, 0.3) is 0 Å². The minimum absolute atomic E-state index is 0.297. The van der Waals surface area contributed by atoms with Gasteiger partial charge < -0.3 is 10.6 Å². The van der Waals surface area contributed by atoms with Crippen molar-refractivity contribution in [3.63, 3.8) is 0 Å². The van der Waals surface area contributed by atoms with Crippen LogP contribution >= 0.6 is 35.6 Å². The molecule has 0 fully saturated rings. The van der Waals surface area contributed by atoms with Crippen molar-refractivity contribution < 1.29 is 8.78 Å². The molecule has 2 rings (SSSR count). The average Bonchev–Trinajstić information content (AvgIpc) is 2.52. The lowest BCUT2D eigenvalue weighted by Crippen LogP contribution is -2.30. The Balaban J connectivity index is 1.69. The summed E-state index contributed by atoms with van der Waals surface area (Å²) in [6.45, 7) is 0.580. The summed E-state index contributed by atoms with van der Waals surface area (Å²) < 4.78 is 27.0. The molecule has 2 aromatic rings. The van der Waals surface area contributed by atoms with E-state index in [4.69, 9.17) is 23.8 Å². The van der Waals surface area contributed by atoms with Crippen molar-refractivity contribution in [2.45, 2.75) is 5.75 Å². The summed E-state index contributed by atoms with van der Waals surface area (Å²) in [5.74, 6) is 0.541. The first-order valence-corrected chi connectivity index (χ1v) is 8.82. The Bertz CT molecular complexity index is 663. The van der Waals surface area contributed by atoms with Gasteiger partial charge in [0, 0.05) is 28.6 Å². The van der Waals surface area contributed by atoms with Crippen molar-refractivity contribution in [1.82, 2.24) is 5.32 Å². The maximum absolute atomic E-state index is 13.6. The van der Waals surface area contributed by atoms with E-state index in [2.05, 4.69) is 10.6 Å². The second kappa shape index (κ2) is 9.05. The van der Waals surface area contributed by atoms with E-state index in [9.17, 15) is 8.78 Å². The summed E-state index contributed by atoms with van der Waals surface area (Å²) in [5.41, 5.74) is 0.835. The van der Waals surface area contributed by atoms with E-state index < -0.39 is 0 Å². The number of para-hydroxylation sites is 1. The van der Waals surface area contributed by atoms with Gasteiger partial charge in [0.1, 0.15) is 11.6 Å². The smallest absolute Gasteiger partial charge is 0.170 e. The molecular formula is C16H15ClF2N2S2. The van der Waals surface area contributed by atoms with Gasteiger partial charge in [0.15, 0.2) is 5.11 Å². The highest BCUT2D eigenvalue weighted by molar-refractivity contribution is 7.98. The van der Waals surface area contributed by atoms with Crippen LogP contribution in [-0.2, 0) is 5.75 Å². The Morgan fingerprint density at radius 3 is 2.57 bits per heavy atom. The van der Waals surface area contributed by atoms with Crippen LogP contribution in [0.5, 0.6) is 0 Å². The van der Waals surface area contributed by atoms with Crippen LogP contribution in [0.15, 0.2) is 42.5 Å². The zero-order valence-electron chi connectivity index (χ0n) is 12.1. The van der Waals surface area contributed by atoms with Crippen LogP contribution in [0, 0.1) is 11.6 Å². The van der Waals surface area contributed by atoms with Crippen molar-refractivity contribution in [2.75, 3.05) is 17.6 Å². The largest absolute Gasteiger partial charge is 0.362 e. The van der Waals surface area contributed by atoms with Crippen LogP contribution in [0.3, 0.4) is 0 Å². The Kier molecular flexibility index (Phi) is 7.08. The number of hydrogen-bond acceptors (Lipinski definition) is 2. The topological polar surface area (TPSA) is 24.1 Å². The molecule has 0 spiro atoms. The lowest BCUT2D eigenvalue weighted by Gasteiger charge is -2.11. The van der Waals surface area contributed by atoms with Crippen molar-refractivity contribution in [1.29, 1.82) is 0 Å². The second-order valence-corrected chi connectivity index (χ2v) is 6.53. The van der Waals surface area contributed by atoms with E-state index in [0.29, 0.717) is 39.4 Å². The number of thiocarbonyl (C=S) groups is 1. The van der Waals surface area contributed by atoms with Crippen LogP contribution in [0.2, 0.25) is 5.02 Å². The molecule has 0 aliphatic rings. The Morgan fingerprint density at radius 2 is 1.83 bits per heavy atom. The fourth-order valence-electron chi connectivity index (χ4n) is 1.81. The zero-order chi connectivity index (χ0) is 16.7. The SMILES string of the molecule is Fc1ccccc1NC(=S)NCCSCc1c(F)cccc1Cl. The highest BCUT2D eigenvalue weighted by Gasteiger charge is 2.07. The summed E-state index contributed by atoms with van der Waals surface area (Å²) >= 11 is 12.6. The third kappa shape index (κ3) is 5.64. The zero-order valence-corrected chi connectivity index (χ0v) is 14.5. The van der Waals surface area contributed by atoms with Gasteiger partial charge >= 0.3 is 0 Å². The summed E-state index contributed by atoms with van der Waals surface area (Å²) in [6.07, 6.45) is 0. The monoisotopic (exact) mass is 372 g/mol. The van der Waals surface area contributed by atoms with Gasteiger partial charge in [-0.1, -0.05) is 29.8 Å². The molecule has 2 nitrogen and oxygen atoms in total. The molecule has 23 heavy (non-hydrogen) atoms. The maximum atomic E-state index is 13.6. The molecule has 0 radical (unpaired) electrons. The van der Waals surface area contributed by atoms with Gasteiger partial charge in [0.05, 0.1) is 5.69 Å². The highest BCUT2D eigenvalue weighted by Crippen LogP contribution is 2.23. The minimum atomic E-state index is -0.361. The van der Waals surface area contributed by atoms with E-state index in [-0.39, 0.29) is 11.6 Å². The first-order valence-electron chi connectivity index (χ1n) is 6.88. The van der Waals surface area contributed by atoms with Gasteiger partial charge in [-0.3, -0.25) is 0 Å². The Hall–Kier alpha value is -1.37. The summed E-state index contributed by atoms with van der Waals surface area (Å²) in [5, 5.41) is 6.55. The van der Waals surface area contributed by atoms with Crippen LogP contribution in [-0.4, -0.2) is 17.4 Å². The van der Waals surface area contributed by atoms with E-state index in [0.717, 1.165) is 0 Å². The first-order chi connectivity index (χ1) is 11.1. The predicted molar refractivity (Wildman–Crippen MR) is 98.2 cm³/mol. The molecule has 7 heteroatoms. The number of thioether (sulfide) groups is 1. The molecule has 0 bridgehead atoms. The summed E-state index contributed by atoms with van der Waals surface area (Å²) in [7, 11) is 0. The molecule has 0 aliphatic carbocycles. The van der Waals surface area contributed by atoms with E-state index in [1.54, 1.807) is 30.3 Å². The molecule has 0 saturated carbocycles.